The number of carbonyl (C=O) groups excluding carboxylic acids is 2. The fraction of sp³-hybridized carbons (Fsp3) is 0.410. The number of rotatable bonds is 14. The van der Waals surface area contributed by atoms with Crippen molar-refractivity contribution in [3.05, 3.63) is 106 Å². The zero-order valence-electron chi connectivity index (χ0n) is 28.4. The van der Waals surface area contributed by atoms with Crippen molar-refractivity contribution < 1.29 is 42.5 Å². The quantitative estimate of drug-likeness (QED) is 0.157. The van der Waals surface area contributed by atoms with Crippen LogP contribution in [0.2, 0.25) is 0 Å². The summed E-state index contributed by atoms with van der Waals surface area (Å²) in [5, 5.41) is 22.8. The van der Waals surface area contributed by atoms with Crippen LogP contribution in [-0.2, 0) is 27.3 Å². The molecule has 270 valence electrons. The Labute approximate surface area is 294 Å². The van der Waals surface area contributed by atoms with Crippen molar-refractivity contribution in [2.24, 2.45) is 0 Å². The molecule has 0 aromatic heterocycles. The van der Waals surface area contributed by atoms with Gasteiger partial charge in [0.05, 0.1) is 31.6 Å². The first-order valence-corrected chi connectivity index (χ1v) is 17.4. The molecule has 2 fully saturated rings. The number of amides is 2. The van der Waals surface area contributed by atoms with Gasteiger partial charge in [0.25, 0.3) is 5.91 Å². The number of benzene rings is 3. The first kappa shape index (κ1) is 36.1. The first-order chi connectivity index (χ1) is 24.5. The second-order valence-corrected chi connectivity index (χ2v) is 13.7. The predicted molar refractivity (Wildman–Crippen MR) is 183 cm³/mol. The van der Waals surface area contributed by atoms with Crippen molar-refractivity contribution in [3.8, 4) is 5.75 Å². The molecule has 3 N–H and O–H groups in total. The van der Waals surface area contributed by atoms with Gasteiger partial charge in [-0.25, -0.2) is 8.78 Å². The van der Waals surface area contributed by atoms with Crippen LogP contribution in [0.15, 0.2) is 66.2 Å². The van der Waals surface area contributed by atoms with E-state index in [9.17, 15) is 32.7 Å². The SMILES string of the molecule is Cc1ccccc1CN(C(=O)C1=C(c2ccc(CCCOc3c(F)ccc(F)c3F)cc2)CC2CN(C(=O)CC(O)CC(=O)O)CC1N2)C1CC1. The molecule has 3 atom stereocenters. The second kappa shape index (κ2) is 15.7. The summed E-state index contributed by atoms with van der Waals surface area (Å²) in [6.45, 7) is 3.01. The third kappa shape index (κ3) is 8.62. The minimum Gasteiger partial charge on any atom is -0.488 e. The van der Waals surface area contributed by atoms with Crippen LogP contribution in [0.25, 0.3) is 5.57 Å². The van der Waals surface area contributed by atoms with Crippen LogP contribution in [0.3, 0.4) is 0 Å². The van der Waals surface area contributed by atoms with Crippen LogP contribution < -0.4 is 10.1 Å². The maximum Gasteiger partial charge on any atom is 0.305 e. The van der Waals surface area contributed by atoms with E-state index < -0.39 is 47.7 Å². The number of hydrogen-bond acceptors (Lipinski definition) is 6. The molecule has 1 saturated heterocycles. The molecule has 2 aliphatic heterocycles. The maximum absolute atomic E-state index is 14.7. The summed E-state index contributed by atoms with van der Waals surface area (Å²) < 4.78 is 46.6. The largest absolute Gasteiger partial charge is 0.488 e. The van der Waals surface area contributed by atoms with Gasteiger partial charge in [-0.3, -0.25) is 14.4 Å². The molecular weight excluding hydrogens is 663 g/mol. The lowest BCUT2D eigenvalue weighted by molar-refractivity contribution is -0.141. The molecule has 2 heterocycles. The van der Waals surface area contributed by atoms with Gasteiger partial charge in [0, 0.05) is 37.3 Å². The fourth-order valence-corrected chi connectivity index (χ4v) is 7.02. The van der Waals surface area contributed by atoms with E-state index in [0.717, 1.165) is 46.7 Å². The van der Waals surface area contributed by atoms with E-state index in [0.29, 0.717) is 44.0 Å². The van der Waals surface area contributed by atoms with Crippen molar-refractivity contribution in [3.63, 3.8) is 0 Å². The fourth-order valence-electron chi connectivity index (χ4n) is 7.02. The van der Waals surface area contributed by atoms with E-state index in [-0.39, 0.29) is 43.5 Å². The minimum atomic E-state index is -1.35. The topological polar surface area (TPSA) is 119 Å². The summed E-state index contributed by atoms with van der Waals surface area (Å²) in [7, 11) is 0. The first-order valence-electron chi connectivity index (χ1n) is 17.4. The molecule has 3 aromatic rings. The number of halogens is 3. The number of fused-ring (bicyclic) bond motifs is 2. The minimum absolute atomic E-state index is 0.0156. The van der Waals surface area contributed by atoms with E-state index in [1.807, 2.05) is 60.4 Å². The number of aliphatic hydroxyl groups is 1. The maximum atomic E-state index is 14.7. The van der Waals surface area contributed by atoms with E-state index in [2.05, 4.69) is 5.32 Å². The molecule has 0 spiro atoms. The van der Waals surface area contributed by atoms with Gasteiger partial charge >= 0.3 is 5.97 Å². The number of ether oxygens (including phenoxy) is 1. The Kier molecular flexibility index (Phi) is 11.1. The standard InChI is InChI=1S/C39H42F3N3O6/c1-23-5-2-3-7-26(23)20-45(28-12-13-28)39(50)36-30(17-27-21-44(22-33(36)43-27)34(47)18-29(46)19-35(48)49)25-10-8-24(9-11-25)6-4-16-51-38-32(41)15-14-31(40)37(38)42/h2-3,5,7-11,14-15,27-29,33,43,46H,4,6,12-13,16-22H2,1H3,(H,48,49). The summed E-state index contributed by atoms with van der Waals surface area (Å²) in [5.74, 6) is -5.87. The molecule has 1 aliphatic carbocycles. The van der Waals surface area contributed by atoms with E-state index in [1.165, 1.54) is 0 Å². The van der Waals surface area contributed by atoms with Crippen LogP contribution in [0.4, 0.5) is 13.2 Å². The number of aliphatic carboxylic acids is 1. The van der Waals surface area contributed by atoms with Gasteiger partial charge in [-0.05, 0) is 79.0 Å². The summed E-state index contributed by atoms with van der Waals surface area (Å²) >= 11 is 0. The molecule has 1 saturated carbocycles. The summed E-state index contributed by atoms with van der Waals surface area (Å²) in [6.07, 6.45) is 1.10. The van der Waals surface area contributed by atoms with Gasteiger partial charge in [-0.1, -0.05) is 48.5 Å². The molecule has 0 radical (unpaired) electrons. The Morgan fingerprint density at radius 2 is 1.71 bits per heavy atom. The lowest BCUT2D eigenvalue weighted by Crippen LogP contribution is -2.62. The lowest BCUT2D eigenvalue weighted by Gasteiger charge is -2.45. The Bertz CT molecular complexity index is 1810. The van der Waals surface area contributed by atoms with Gasteiger partial charge in [-0.2, -0.15) is 4.39 Å². The van der Waals surface area contributed by atoms with Crippen molar-refractivity contribution in [1.29, 1.82) is 0 Å². The van der Waals surface area contributed by atoms with E-state index in [1.54, 1.807) is 4.90 Å². The lowest BCUT2D eigenvalue weighted by atomic mass is 9.82. The number of carbonyl (C=O) groups is 3. The average Bonchev–Trinajstić information content (AvgIpc) is 3.94. The third-order valence-electron chi connectivity index (χ3n) is 9.82. The highest BCUT2D eigenvalue weighted by Crippen LogP contribution is 2.38. The molecule has 51 heavy (non-hydrogen) atoms. The molecule has 6 rings (SSSR count). The summed E-state index contributed by atoms with van der Waals surface area (Å²) in [4.78, 5) is 42.6. The zero-order valence-corrected chi connectivity index (χ0v) is 28.4. The molecular formula is C39H42F3N3O6. The smallest absolute Gasteiger partial charge is 0.305 e. The molecule has 3 aromatic carbocycles. The number of carboxylic acid groups (broad SMARTS) is 1. The van der Waals surface area contributed by atoms with Crippen molar-refractivity contribution in [1.82, 2.24) is 15.1 Å². The third-order valence-corrected chi connectivity index (χ3v) is 9.82. The Balaban J connectivity index is 1.23. The highest BCUT2D eigenvalue weighted by atomic mass is 19.2. The highest BCUT2D eigenvalue weighted by Gasteiger charge is 2.43. The van der Waals surface area contributed by atoms with Gasteiger partial charge < -0.3 is 30.1 Å². The van der Waals surface area contributed by atoms with Gasteiger partial charge in [0.1, 0.15) is 0 Å². The number of aryl methyl sites for hydroxylation is 2. The molecule has 2 amide bonds. The molecule has 3 unspecified atom stereocenters. The van der Waals surface area contributed by atoms with E-state index >= 15 is 0 Å². The van der Waals surface area contributed by atoms with Crippen molar-refractivity contribution in [2.45, 2.75) is 82.6 Å². The van der Waals surface area contributed by atoms with Crippen LogP contribution in [0.1, 0.15) is 60.8 Å². The molecule has 9 nitrogen and oxygen atoms in total. The molecule has 2 bridgehead atoms. The van der Waals surface area contributed by atoms with Crippen molar-refractivity contribution in [2.75, 3.05) is 19.7 Å². The van der Waals surface area contributed by atoms with Crippen LogP contribution >= 0.6 is 0 Å². The number of nitrogens with zero attached hydrogens (tertiary/aromatic N) is 2. The summed E-state index contributed by atoms with van der Waals surface area (Å²) in [5.41, 5.74) is 5.46. The monoisotopic (exact) mass is 705 g/mol. The van der Waals surface area contributed by atoms with Crippen LogP contribution in [-0.4, -0.2) is 81.7 Å². The number of aliphatic hydroxyl groups excluding tert-OH is 1. The van der Waals surface area contributed by atoms with Gasteiger partial charge in [0.2, 0.25) is 11.7 Å². The van der Waals surface area contributed by atoms with Crippen molar-refractivity contribution >= 4 is 23.4 Å². The zero-order chi connectivity index (χ0) is 36.2. The summed E-state index contributed by atoms with van der Waals surface area (Å²) in [6, 6.07) is 16.8. The number of piperazine rings is 1. The average molecular weight is 706 g/mol. The highest BCUT2D eigenvalue weighted by molar-refractivity contribution is 6.03. The number of hydrogen-bond donors (Lipinski definition) is 3. The van der Waals surface area contributed by atoms with Crippen LogP contribution in [0, 0.1) is 24.4 Å². The molecule has 12 heteroatoms. The second-order valence-electron chi connectivity index (χ2n) is 13.7. The van der Waals surface area contributed by atoms with E-state index in [4.69, 9.17) is 9.84 Å². The molecule has 3 aliphatic rings. The predicted octanol–water partition coefficient (Wildman–Crippen LogP) is 5.17. The Morgan fingerprint density at radius 1 is 0.980 bits per heavy atom. The Hall–Kier alpha value is -4.68. The van der Waals surface area contributed by atoms with Gasteiger partial charge in [-0.15, -0.1) is 0 Å². The van der Waals surface area contributed by atoms with Gasteiger partial charge in [0.15, 0.2) is 17.4 Å². The Morgan fingerprint density at radius 3 is 2.41 bits per heavy atom. The van der Waals surface area contributed by atoms with Crippen LogP contribution in [0.5, 0.6) is 5.75 Å². The number of carboxylic acids is 1. The normalized spacial score (nSPS) is 19.1. The number of nitrogens with one attached hydrogen (secondary N) is 1.